The van der Waals surface area contributed by atoms with Gasteiger partial charge in [-0.05, 0) is 54.1 Å². The summed E-state index contributed by atoms with van der Waals surface area (Å²) in [5, 5.41) is 10.9. The zero-order valence-corrected chi connectivity index (χ0v) is 16.4. The maximum absolute atomic E-state index is 13.1. The summed E-state index contributed by atoms with van der Waals surface area (Å²) in [5.74, 6) is -0.124. The van der Waals surface area contributed by atoms with Crippen LogP contribution in [0.25, 0.3) is 0 Å². The van der Waals surface area contributed by atoms with E-state index < -0.39 is 11.8 Å². The third kappa shape index (κ3) is 2.59. The van der Waals surface area contributed by atoms with Crippen LogP contribution in [0.15, 0.2) is 42.5 Å². The first kappa shape index (κ1) is 17.2. The maximum atomic E-state index is 13.1. The number of hydrogen-bond acceptors (Lipinski definition) is 3. The molecular weight excluding hydrogens is 415 g/mol. The van der Waals surface area contributed by atoms with Crippen LogP contribution in [-0.4, -0.2) is 30.0 Å². The number of rotatable bonds is 3. The third-order valence-corrected chi connectivity index (χ3v) is 5.51. The standard InChI is InChI=1S/C19H21IN2O2/c1-19(2,12-8-6-5-7-9-12)22-17(23)14-10-13(21(3)4)11-15(20)16(14)18(22)24/h5-11,17,23H,1-4H3. The Labute approximate surface area is 156 Å². The second-order valence-electron chi connectivity index (χ2n) is 6.76. The predicted octanol–water partition coefficient (Wildman–Crippen LogP) is 3.74. The average molecular weight is 436 g/mol. The van der Waals surface area contributed by atoms with Gasteiger partial charge in [0, 0.05) is 28.9 Å². The first-order chi connectivity index (χ1) is 11.2. The number of carbonyl (C=O) groups excluding carboxylic acids is 1. The molecule has 5 heteroatoms. The molecular formula is C19H21IN2O2. The lowest BCUT2D eigenvalue weighted by molar-refractivity contribution is -0.0305. The van der Waals surface area contributed by atoms with Crippen molar-refractivity contribution in [3.05, 3.63) is 62.7 Å². The minimum Gasteiger partial charge on any atom is -0.378 e. The number of halogens is 1. The summed E-state index contributed by atoms with van der Waals surface area (Å²) in [5.41, 5.74) is 2.65. The van der Waals surface area contributed by atoms with E-state index in [1.807, 2.05) is 75.3 Å². The minimum absolute atomic E-state index is 0.124. The van der Waals surface area contributed by atoms with Gasteiger partial charge in [0.2, 0.25) is 0 Å². The van der Waals surface area contributed by atoms with Crippen molar-refractivity contribution in [2.45, 2.75) is 25.6 Å². The largest absolute Gasteiger partial charge is 0.378 e. The summed E-state index contributed by atoms with van der Waals surface area (Å²) in [6, 6.07) is 13.7. The highest BCUT2D eigenvalue weighted by molar-refractivity contribution is 14.1. The number of aliphatic hydroxyl groups excluding tert-OH is 1. The molecule has 0 aromatic heterocycles. The summed E-state index contributed by atoms with van der Waals surface area (Å²) in [4.78, 5) is 16.6. The Morgan fingerprint density at radius 2 is 1.79 bits per heavy atom. The lowest BCUT2D eigenvalue weighted by Gasteiger charge is -2.38. The quantitative estimate of drug-likeness (QED) is 0.746. The van der Waals surface area contributed by atoms with Gasteiger partial charge in [0.25, 0.3) is 5.91 Å². The van der Waals surface area contributed by atoms with Gasteiger partial charge >= 0.3 is 0 Å². The number of hydrogen-bond donors (Lipinski definition) is 1. The summed E-state index contributed by atoms with van der Waals surface area (Å²) in [7, 11) is 3.90. The van der Waals surface area contributed by atoms with E-state index in [-0.39, 0.29) is 5.91 Å². The van der Waals surface area contributed by atoms with Gasteiger partial charge in [0.05, 0.1) is 11.1 Å². The van der Waals surface area contributed by atoms with Crippen LogP contribution in [0.5, 0.6) is 0 Å². The smallest absolute Gasteiger partial charge is 0.258 e. The molecule has 0 saturated carbocycles. The fourth-order valence-electron chi connectivity index (χ4n) is 3.22. The summed E-state index contributed by atoms with van der Waals surface area (Å²) < 4.78 is 0.865. The monoisotopic (exact) mass is 436 g/mol. The van der Waals surface area contributed by atoms with Crippen molar-refractivity contribution in [1.82, 2.24) is 4.90 Å². The van der Waals surface area contributed by atoms with Gasteiger partial charge in [-0.25, -0.2) is 0 Å². The molecule has 0 spiro atoms. The Morgan fingerprint density at radius 3 is 2.38 bits per heavy atom. The highest BCUT2D eigenvalue weighted by Gasteiger charge is 2.45. The second kappa shape index (κ2) is 6.04. The van der Waals surface area contributed by atoms with Crippen LogP contribution < -0.4 is 4.90 Å². The van der Waals surface area contributed by atoms with Crippen LogP contribution >= 0.6 is 22.6 Å². The van der Waals surface area contributed by atoms with Gasteiger partial charge in [-0.2, -0.15) is 0 Å². The Hall–Kier alpha value is -1.60. The van der Waals surface area contributed by atoms with Crippen molar-refractivity contribution in [3.63, 3.8) is 0 Å². The number of amides is 1. The van der Waals surface area contributed by atoms with E-state index in [0.29, 0.717) is 11.1 Å². The van der Waals surface area contributed by atoms with Crippen molar-refractivity contribution in [1.29, 1.82) is 0 Å². The van der Waals surface area contributed by atoms with E-state index in [1.54, 1.807) is 4.90 Å². The first-order valence-corrected chi connectivity index (χ1v) is 8.91. The molecule has 0 bridgehead atoms. The molecule has 1 amide bonds. The molecule has 0 radical (unpaired) electrons. The van der Waals surface area contributed by atoms with Crippen molar-refractivity contribution >= 4 is 34.2 Å². The number of benzene rings is 2. The summed E-state index contributed by atoms with van der Waals surface area (Å²) >= 11 is 2.18. The number of anilines is 1. The second-order valence-corrected chi connectivity index (χ2v) is 7.92. The van der Waals surface area contributed by atoms with E-state index in [9.17, 15) is 9.90 Å². The predicted molar refractivity (Wildman–Crippen MR) is 104 cm³/mol. The maximum Gasteiger partial charge on any atom is 0.258 e. The van der Waals surface area contributed by atoms with Crippen LogP contribution in [0.4, 0.5) is 5.69 Å². The van der Waals surface area contributed by atoms with Crippen LogP contribution in [0.2, 0.25) is 0 Å². The van der Waals surface area contributed by atoms with E-state index in [2.05, 4.69) is 22.6 Å². The highest BCUT2D eigenvalue weighted by atomic mass is 127. The lowest BCUT2D eigenvalue weighted by atomic mass is 9.92. The molecule has 1 heterocycles. The molecule has 2 aromatic carbocycles. The van der Waals surface area contributed by atoms with Gasteiger partial charge < -0.3 is 10.0 Å². The number of aliphatic hydroxyl groups is 1. The summed E-state index contributed by atoms with van der Waals surface area (Å²) in [6.45, 7) is 3.93. The van der Waals surface area contributed by atoms with E-state index in [0.717, 1.165) is 14.8 Å². The molecule has 1 aliphatic heterocycles. The van der Waals surface area contributed by atoms with E-state index in [1.165, 1.54) is 0 Å². The van der Waals surface area contributed by atoms with Crippen molar-refractivity contribution < 1.29 is 9.90 Å². The fourth-order valence-corrected chi connectivity index (χ4v) is 4.08. The average Bonchev–Trinajstić information content (AvgIpc) is 2.80. The van der Waals surface area contributed by atoms with Crippen LogP contribution in [0.3, 0.4) is 0 Å². The van der Waals surface area contributed by atoms with Crippen molar-refractivity contribution in [3.8, 4) is 0 Å². The Morgan fingerprint density at radius 1 is 1.17 bits per heavy atom. The fraction of sp³-hybridized carbons (Fsp3) is 0.316. The van der Waals surface area contributed by atoms with Crippen LogP contribution in [-0.2, 0) is 5.54 Å². The highest BCUT2D eigenvalue weighted by Crippen LogP contribution is 2.44. The van der Waals surface area contributed by atoms with E-state index >= 15 is 0 Å². The lowest BCUT2D eigenvalue weighted by Crippen LogP contribution is -2.44. The zero-order valence-electron chi connectivity index (χ0n) is 14.2. The van der Waals surface area contributed by atoms with Gasteiger partial charge in [0.1, 0.15) is 0 Å². The van der Waals surface area contributed by atoms with Crippen LogP contribution in [0, 0.1) is 3.57 Å². The molecule has 3 rings (SSSR count). The van der Waals surface area contributed by atoms with Crippen molar-refractivity contribution in [2.75, 3.05) is 19.0 Å². The zero-order chi connectivity index (χ0) is 17.6. The van der Waals surface area contributed by atoms with Crippen molar-refractivity contribution in [2.24, 2.45) is 0 Å². The van der Waals surface area contributed by atoms with Gasteiger partial charge in [-0.1, -0.05) is 30.3 Å². The molecule has 1 atom stereocenters. The topological polar surface area (TPSA) is 43.8 Å². The Balaban J connectivity index is 2.10. The molecule has 0 saturated heterocycles. The van der Waals surface area contributed by atoms with Gasteiger partial charge in [-0.15, -0.1) is 0 Å². The van der Waals surface area contributed by atoms with Gasteiger partial charge in [0.15, 0.2) is 6.23 Å². The molecule has 1 unspecified atom stereocenters. The molecule has 0 fully saturated rings. The molecule has 1 aliphatic rings. The number of carbonyl (C=O) groups is 1. The Kier molecular flexibility index (Phi) is 4.34. The summed E-state index contributed by atoms with van der Waals surface area (Å²) in [6.07, 6.45) is -0.948. The normalized spacial score (nSPS) is 17.2. The molecule has 0 aliphatic carbocycles. The Bertz CT molecular complexity index is 787. The van der Waals surface area contributed by atoms with Crippen LogP contribution in [0.1, 0.15) is 41.6 Å². The van der Waals surface area contributed by atoms with E-state index in [4.69, 9.17) is 0 Å². The first-order valence-electron chi connectivity index (χ1n) is 7.83. The third-order valence-electron chi connectivity index (χ3n) is 4.66. The molecule has 24 heavy (non-hydrogen) atoms. The molecule has 126 valence electrons. The number of fused-ring (bicyclic) bond motifs is 1. The molecule has 2 aromatic rings. The SMILES string of the molecule is CN(C)c1cc(I)c2c(c1)C(O)N(C(C)(C)c1ccccc1)C2=O. The minimum atomic E-state index is -0.948. The molecule has 4 nitrogen and oxygen atoms in total. The van der Waals surface area contributed by atoms with Gasteiger partial charge in [-0.3, -0.25) is 9.69 Å². The number of nitrogens with zero attached hydrogens (tertiary/aromatic N) is 2. The molecule has 1 N–H and O–H groups in total.